The van der Waals surface area contributed by atoms with E-state index in [9.17, 15) is 0 Å². The van der Waals surface area contributed by atoms with E-state index in [1.165, 1.54) is 42.6 Å². The first kappa shape index (κ1) is 11.5. The molecule has 2 aromatic rings. The molecule has 18 heavy (non-hydrogen) atoms. The van der Waals surface area contributed by atoms with Crippen molar-refractivity contribution >= 4 is 0 Å². The van der Waals surface area contributed by atoms with Crippen molar-refractivity contribution in [2.24, 2.45) is 0 Å². The lowest BCUT2D eigenvalue weighted by atomic mass is 10.0. The molecular formula is C17H19N. The van der Waals surface area contributed by atoms with Crippen LogP contribution in [0.1, 0.15) is 18.4 Å². The van der Waals surface area contributed by atoms with Gasteiger partial charge in [-0.15, -0.1) is 0 Å². The van der Waals surface area contributed by atoms with Crippen LogP contribution in [0.15, 0.2) is 54.6 Å². The molecule has 2 aromatic carbocycles. The van der Waals surface area contributed by atoms with Crippen molar-refractivity contribution in [2.75, 3.05) is 13.1 Å². The third-order valence-electron chi connectivity index (χ3n) is 3.67. The monoisotopic (exact) mass is 237 g/mol. The van der Waals surface area contributed by atoms with E-state index in [-0.39, 0.29) is 0 Å². The van der Waals surface area contributed by atoms with Crippen molar-refractivity contribution in [2.45, 2.75) is 19.4 Å². The first-order chi connectivity index (χ1) is 8.92. The minimum Gasteiger partial charge on any atom is -0.299 e. The molecule has 1 saturated heterocycles. The molecule has 0 N–H and O–H groups in total. The van der Waals surface area contributed by atoms with E-state index in [2.05, 4.69) is 59.5 Å². The molecule has 1 heteroatoms. The van der Waals surface area contributed by atoms with E-state index in [4.69, 9.17) is 0 Å². The van der Waals surface area contributed by atoms with E-state index < -0.39 is 0 Å². The fourth-order valence-electron chi connectivity index (χ4n) is 2.63. The highest BCUT2D eigenvalue weighted by Gasteiger charge is 2.11. The summed E-state index contributed by atoms with van der Waals surface area (Å²) in [6.07, 6.45) is 2.73. The molecule has 0 aromatic heterocycles. The van der Waals surface area contributed by atoms with Gasteiger partial charge in [0.15, 0.2) is 0 Å². The quantitative estimate of drug-likeness (QED) is 0.781. The Morgan fingerprint density at radius 3 is 2.00 bits per heavy atom. The SMILES string of the molecule is c1ccc(-c2ccc(CN3CCCC3)cc2)cc1. The summed E-state index contributed by atoms with van der Waals surface area (Å²) in [5.74, 6) is 0. The summed E-state index contributed by atoms with van der Waals surface area (Å²) in [6.45, 7) is 3.63. The molecule has 1 nitrogen and oxygen atoms in total. The Morgan fingerprint density at radius 2 is 1.33 bits per heavy atom. The average Bonchev–Trinajstić information content (AvgIpc) is 2.94. The van der Waals surface area contributed by atoms with Crippen LogP contribution in [0.5, 0.6) is 0 Å². The normalized spacial score (nSPS) is 16.0. The van der Waals surface area contributed by atoms with Crippen molar-refractivity contribution in [1.29, 1.82) is 0 Å². The van der Waals surface area contributed by atoms with Gasteiger partial charge in [0.2, 0.25) is 0 Å². The summed E-state index contributed by atoms with van der Waals surface area (Å²) in [6, 6.07) is 19.6. The number of hydrogen-bond donors (Lipinski definition) is 0. The fourth-order valence-corrected chi connectivity index (χ4v) is 2.63. The van der Waals surface area contributed by atoms with E-state index in [1.807, 2.05) is 0 Å². The molecule has 0 unspecified atom stereocenters. The highest BCUT2D eigenvalue weighted by Crippen LogP contribution is 2.20. The second kappa shape index (κ2) is 5.36. The van der Waals surface area contributed by atoms with Crippen molar-refractivity contribution in [1.82, 2.24) is 4.90 Å². The lowest BCUT2D eigenvalue weighted by Crippen LogP contribution is -2.18. The summed E-state index contributed by atoms with van der Waals surface area (Å²) in [5, 5.41) is 0. The Balaban J connectivity index is 1.72. The topological polar surface area (TPSA) is 3.24 Å². The molecule has 0 spiro atoms. The summed E-state index contributed by atoms with van der Waals surface area (Å²) in [5.41, 5.74) is 4.03. The Hall–Kier alpha value is -1.60. The molecule has 0 saturated carbocycles. The van der Waals surface area contributed by atoms with Gasteiger partial charge in [-0.05, 0) is 42.6 Å². The smallest absolute Gasteiger partial charge is 0.0233 e. The highest BCUT2D eigenvalue weighted by atomic mass is 15.1. The molecule has 3 rings (SSSR count). The van der Waals surface area contributed by atoms with Crippen LogP contribution in [0.25, 0.3) is 11.1 Å². The number of likely N-dealkylation sites (tertiary alicyclic amines) is 1. The van der Waals surface area contributed by atoms with Gasteiger partial charge in [0, 0.05) is 6.54 Å². The predicted octanol–water partition coefficient (Wildman–Crippen LogP) is 3.95. The molecule has 0 bridgehead atoms. The third-order valence-corrected chi connectivity index (χ3v) is 3.67. The van der Waals surface area contributed by atoms with Crippen molar-refractivity contribution in [3.8, 4) is 11.1 Å². The molecule has 1 heterocycles. The van der Waals surface area contributed by atoms with Crippen LogP contribution >= 0.6 is 0 Å². The van der Waals surface area contributed by atoms with Crippen molar-refractivity contribution in [3.63, 3.8) is 0 Å². The van der Waals surface area contributed by atoms with Gasteiger partial charge in [-0.25, -0.2) is 0 Å². The molecular weight excluding hydrogens is 218 g/mol. The van der Waals surface area contributed by atoms with E-state index in [0.29, 0.717) is 0 Å². The van der Waals surface area contributed by atoms with Crippen LogP contribution in [0.3, 0.4) is 0 Å². The molecule has 0 radical (unpaired) electrons. The second-order valence-corrected chi connectivity index (χ2v) is 5.05. The number of benzene rings is 2. The first-order valence-electron chi connectivity index (χ1n) is 6.78. The lowest BCUT2D eigenvalue weighted by Gasteiger charge is -2.14. The molecule has 92 valence electrons. The summed E-state index contributed by atoms with van der Waals surface area (Å²) < 4.78 is 0. The second-order valence-electron chi connectivity index (χ2n) is 5.05. The molecule has 0 aliphatic carbocycles. The van der Waals surface area contributed by atoms with Crippen LogP contribution in [0.4, 0.5) is 0 Å². The fraction of sp³-hybridized carbons (Fsp3) is 0.294. The third kappa shape index (κ3) is 2.62. The zero-order chi connectivity index (χ0) is 12.2. The maximum atomic E-state index is 2.54. The number of hydrogen-bond acceptors (Lipinski definition) is 1. The van der Waals surface area contributed by atoms with Crippen LogP contribution in [-0.2, 0) is 6.54 Å². The van der Waals surface area contributed by atoms with Crippen LogP contribution in [0.2, 0.25) is 0 Å². The zero-order valence-corrected chi connectivity index (χ0v) is 10.7. The molecule has 0 atom stereocenters. The Labute approximate surface area is 109 Å². The van der Waals surface area contributed by atoms with E-state index in [1.54, 1.807) is 0 Å². The summed E-state index contributed by atoms with van der Waals surface area (Å²) in [4.78, 5) is 2.54. The van der Waals surface area contributed by atoms with Gasteiger partial charge in [0.25, 0.3) is 0 Å². The average molecular weight is 237 g/mol. The molecule has 1 fully saturated rings. The van der Waals surface area contributed by atoms with Gasteiger partial charge >= 0.3 is 0 Å². The molecule has 0 amide bonds. The van der Waals surface area contributed by atoms with Gasteiger partial charge in [-0.1, -0.05) is 54.6 Å². The summed E-state index contributed by atoms with van der Waals surface area (Å²) in [7, 11) is 0. The minimum atomic E-state index is 1.11. The number of rotatable bonds is 3. The van der Waals surface area contributed by atoms with Crippen LogP contribution < -0.4 is 0 Å². The van der Waals surface area contributed by atoms with E-state index in [0.717, 1.165) is 6.54 Å². The largest absolute Gasteiger partial charge is 0.299 e. The van der Waals surface area contributed by atoms with Gasteiger partial charge in [0.05, 0.1) is 0 Å². The maximum absolute atomic E-state index is 2.54. The predicted molar refractivity (Wildman–Crippen MR) is 76.4 cm³/mol. The molecule has 1 aliphatic rings. The van der Waals surface area contributed by atoms with Crippen molar-refractivity contribution < 1.29 is 0 Å². The van der Waals surface area contributed by atoms with Gasteiger partial charge < -0.3 is 0 Å². The lowest BCUT2D eigenvalue weighted by molar-refractivity contribution is 0.331. The maximum Gasteiger partial charge on any atom is 0.0233 e. The van der Waals surface area contributed by atoms with Gasteiger partial charge in [0.1, 0.15) is 0 Å². The first-order valence-corrected chi connectivity index (χ1v) is 6.78. The molecule has 1 aliphatic heterocycles. The van der Waals surface area contributed by atoms with Crippen LogP contribution in [-0.4, -0.2) is 18.0 Å². The Morgan fingerprint density at radius 1 is 0.722 bits per heavy atom. The zero-order valence-electron chi connectivity index (χ0n) is 10.7. The highest BCUT2D eigenvalue weighted by molar-refractivity contribution is 5.63. The Kier molecular flexibility index (Phi) is 3.42. The minimum absolute atomic E-state index is 1.11. The van der Waals surface area contributed by atoms with Gasteiger partial charge in [-0.3, -0.25) is 4.90 Å². The summed E-state index contributed by atoms with van der Waals surface area (Å²) >= 11 is 0. The Bertz CT molecular complexity index is 481. The van der Waals surface area contributed by atoms with E-state index >= 15 is 0 Å². The number of nitrogens with zero attached hydrogens (tertiary/aromatic N) is 1. The standard InChI is InChI=1S/C17H19N/c1-2-6-16(7-3-1)17-10-8-15(9-11-17)14-18-12-4-5-13-18/h1-3,6-11H,4-5,12-14H2. The van der Waals surface area contributed by atoms with Crippen molar-refractivity contribution in [3.05, 3.63) is 60.2 Å². The van der Waals surface area contributed by atoms with Crippen LogP contribution in [0, 0.1) is 0 Å². The van der Waals surface area contributed by atoms with Gasteiger partial charge in [-0.2, -0.15) is 0 Å².